The van der Waals surface area contributed by atoms with Crippen LogP contribution < -0.4 is 10.6 Å². The molecule has 1 fully saturated rings. The molecular weight excluding hydrogens is 262 g/mol. The largest absolute Gasteiger partial charge is 0.322 e. The van der Waals surface area contributed by atoms with Gasteiger partial charge in [-0.15, -0.1) is 0 Å². The molecular formula is C9H8BrN3O2. The van der Waals surface area contributed by atoms with Gasteiger partial charge in [0.05, 0.1) is 5.69 Å². The topological polar surface area (TPSA) is 71.1 Å². The van der Waals surface area contributed by atoms with Gasteiger partial charge in [-0.3, -0.25) is 10.1 Å². The monoisotopic (exact) mass is 269 g/mol. The molecule has 1 aliphatic heterocycles. The Kier molecular flexibility index (Phi) is 2.22. The molecule has 15 heavy (non-hydrogen) atoms. The van der Waals surface area contributed by atoms with Gasteiger partial charge in [-0.25, -0.2) is 9.78 Å². The van der Waals surface area contributed by atoms with E-state index in [9.17, 15) is 9.59 Å². The van der Waals surface area contributed by atoms with Gasteiger partial charge >= 0.3 is 6.03 Å². The lowest BCUT2D eigenvalue weighted by molar-refractivity contribution is -0.123. The number of rotatable bonds is 1. The minimum atomic E-state index is -1.08. The van der Waals surface area contributed by atoms with E-state index >= 15 is 0 Å². The number of imide groups is 1. The molecule has 0 aliphatic carbocycles. The molecule has 0 radical (unpaired) electrons. The molecule has 2 rings (SSSR count). The van der Waals surface area contributed by atoms with Crippen LogP contribution in [-0.2, 0) is 10.3 Å². The van der Waals surface area contributed by atoms with Crippen molar-refractivity contribution in [3.05, 3.63) is 28.5 Å². The van der Waals surface area contributed by atoms with Crippen molar-refractivity contribution in [2.75, 3.05) is 0 Å². The van der Waals surface area contributed by atoms with Crippen molar-refractivity contribution in [2.24, 2.45) is 0 Å². The van der Waals surface area contributed by atoms with Gasteiger partial charge in [-0.1, -0.05) is 6.07 Å². The maximum absolute atomic E-state index is 11.6. The van der Waals surface area contributed by atoms with Crippen LogP contribution in [0.5, 0.6) is 0 Å². The number of nitrogens with one attached hydrogen (secondary N) is 2. The second-order valence-corrected chi connectivity index (χ2v) is 4.19. The highest BCUT2D eigenvalue weighted by Gasteiger charge is 2.44. The predicted molar refractivity (Wildman–Crippen MR) is 56.0 cm³/mol. The maximum atomic E-state index is 11.6. The number of urea groups is 1. The zero-order valence-electron chi connectivity index (χ0n) is 7.87. The van der Waals surface area contributed by atoms with E-state index in [2.05, 4.69) is 31.5 Å². The lowest BCUT2D eigenvalue weighted by Gasteiger charge is -2.19. The number of carbonyl (C=O) groups excluding carboxylic acids is 2. The Hall–Kier alpha value is -1.43. The third kappa shape index (κ3) is 1.61. The van der Waals surface area contributed by atoms with Crippen molar-refractivity contribution < 1.29 is 9.59 Å². The van der Waals surface area contributed by atoms with Gasteiger partial charge in [0.2, 0.25) is 0 Å². The molecule has 0 saturated carbocycles. The van der Waals surface area contributed by atoms with E-state index in [1.807, 2.05) is 0 Å². The van der Waals surface area contributed by atoms with E-state index in [4.69, 9.17) is 0 Å². The molecule has 1 atom stereocenters. The first kappa shape index (κ1) is 10.1. The van der Waals surface area contributed by atoms with Crippen molar-refractivity contribution in [1.29, 1.82) is 0 Å². The summed E-state index contributed by atoms with van der Waals surface area (Å²) in [5.74, 6) is -0.391. The molecule has 2 N–H and O–H groups in total. The van der Waals surface area contributed by atoms with Crippen LogP contribution in [0.4, 0.5) is 4.79 Å². The molecule has 2 heterocycles. The number of amides is 3. The standard InChI is InChI=1S/C9H8BrN3O2/c1-9(7(14)12-8(15)13-9)5-3-2-4-6(10)11-5/h2-4H,1H3,(H2,12,13,14,15). The normalized spacial score (nSPS) is 24.9. The molecule has 0 aromatic carbocycles. The number of halogens is 1. The molecule has 78 valence electrons. The lowest BCUT2D eigenvalue weighted by Crippen LogP contribution is -2.41. The van der Waals surface area contributed by atoms with Crippen LogP contribution in [0.3, 0.4) is 0 Å². The van der Waals surface area contributed by atoms with Gasteiger partial charge < -0.3 is 5.32 Å². The van der Waals surface area contributed by atoms with Gasteiger partial charge in [0.1, 0.15) is 4.60 Å². The first-order valence-electron chi connectivity index (χ1n) is 4.29. The fourth-order valence-electron chi connectivity index (χ4n) is 1.41. The molecule has 1 saturated heterocycles. The van der Waals surface area contributed by atoms with Crippen LogP contribution >= 0.6 is 15.9 Å². The second kappa shape index (κ2) is 3.30. The van der Waals surface area contributed by atoms with Crippen molar-refractivity contribution in [1.82, 2.24) is 15.6 Å². The van der Waals surface area contributed by atoms with E-state index in [-0.39, 0.29) is 0 Å². The highest BCUT2D eigenvalue weighted by atomic mass is 79.9. The van der Waals surface area contributed by atoms with Gasteiger partial charge in [0, 0.05) is 0 Å². The number of hydrogen-bond acceptors (Lipinski definition) is 3. The van der Waals surface area contributed by atoms with E-state index in [0.717, 1.165) is 0 Å². The van der Waals surface area contributed by atoms with Crippen molar-refractivity contribution in [2.45, 2.75) is 12.5 Å². The maximum Gasteiger partial charge on any atom is 0.322 e. The summed E-state index contributed by atoms with van der Waals surface area (Å²) in [6.07, 6.45) is 0. The van der Waals surface area contributed by atoms with E-state index in [0.29, 0.717) is 10.3 Å². The Bertz CT molecular complexity index is 449. The Balaban J connectivity index is 2.46. The van der Waals surface area contributed by atoms with Crippen LogP contribution in [0.25, 0.3) is 0 Å². The average Bonchev–Trinajstić information content (AvgIpc) is 2.42. The third-order valence-electron chi connectivity index (χ3n) is 2.27. The summed E-state index contributed by atoms with van der Waals surface area (Å²) in [5, 5.41) is 4.72. The number of hydrogen-bond donors (Lipinski definition) is 2. The summed E-state index contributed by atoms with van der Waals surface area (Å²) in [4.78, 5) is 26.8. The van der Waals surface area contributed by atoms with Crippen LogP contribution in [0.1, 0.15) is 12.6 Å². The van der Waals surface area contributed by atoms with Crippen molar-refractivity contribution >= 4 is 27.9 Å². The predicted octanol–water partition coefficient (Wildman–Crippen LogP) is 0.899. The molecule has 6 heteroatoms. The smallest absolute Gasteiger partial charge is 0.318 e. The highest BCUT2D eigenvalue weighted by Crippen LogP contribution is 2.23. The van der Waals surface area contributed by atoms with Crippen molar-refractivity contribution in [3.63, 3.8) is 0 Å². The molecule has 0 spiro atoms. The zero-order chi connectivity index (χ0) is 11.1. The van der Waals surface area contributed by atoms with Crippen LogP contribution in [0.2, 0.25) is 0 Å². The molecule has 5 nitrogen and oxygen atoms in total. The van der Waals surface area contributed by atoms with Gasteiger partial charge in [-0.2, -0.15) is 0 Å². The summed E-state index contributed by atoms with van der Waals surface area (Å²) in [7, 11) is 0. The molecule has 1 unspecified atom stereocenters. The molecule has 0 bridgehead atoms. The van der Waals surface area contributed by atoms with Crippen LogP contribution in [0.15, 0.2) is 22.8 Å². The molecule has 1 aliphatic rings. The van der Waals surface area contributed by atoms with E-state index in [1.165, 1.54) is 0 Å². The number of nitrogens with zero attached hydrogens (tertiary/aromatic N) is 1. The van der Waals surface area contributed by atoms with Gasteiger partial charge in [0.25, 0.3) is 5.91 Å². The fraction of sp³-hybridized carbons (Fsp3) is 0.222. The second-order valence-electron chi connectivity index (χ2n) is 3.38. The number of aromatic nitrogens is 1. The molecule has 3 amide bonds. The average molecular weight is 270 g/mol. The molecule has 1 aromatic heterocycles. The lowest BCUT2D eigenvalue weighted by atomic mass is 9.98. The molecule has 1 aromatic rings. The summed E-state index contributed by atoms with van der Waals surface area (Å²) >= 11 is 3.21. The third-order valence-corrected chi connectivity index (χ3v) is 2.71. The first-order chi connectivity index (χ1) is 7.02. The zero-order valence-corrected chi connectivity index (χ0v) is 9.46. The summed E-state index contributed by atoms with van der Waals surface area (Å²) in [6, 6.07) is 4.71. The fourth-order valence-corrected chi connectivity index (χ4v) is 1.75. The summed E-state index contributed by atoms with van der Waals surface area (Å²) in [6.45, 7) is 1.61. The Labute approximate surface area is 94.4 Å². The van der Waals surface area contributed by atoms with Crippen LogP contribution in [0, 0.1) is 0 Å². The Morgan fingerprint density at radius 2 is 2.13 bits per heavy atom. The van der Waals surface area contributed by atoms with E-state index in [1.54, 1.807) is 25.1 Å². The van der Waals surface area contributed by atoms with Crippen molar-refractivity contribution in [3.8, 4) is 0 Å². The summed E-state index contributed by atoms with van der Waals surface area (Å²) < 4.78 is 0.621. The first-order valence-corrected chi connectivity index (χ1v) is 5.08. The summed E-state index contributed by atoms with van der Waals surface area (Å²) in [5.41, 5.74) is -0.582. The quantitative estimate of drug-likeness (QED) is 0.588. The number of pyridine rings is 1. The minimum absolute atomic E-state index is 0.391. The highest BCUT2D eigenvalue weighted by molar-refractivity contribution is 9.10. The SMILES string of the molecule is CC1(c2cccc(Br)n2)NC(=O)NC1=O. The minimum Gasteiger partial charge on any atom is -0.318 e. The van der Waals surface area contributed by atoms with E-state index < -0.39 is 17.5 Å². The Morgan fingerprint density at radius 1 is 1.40 bits per heavy atom. The Morgan fingerprint density at radius 3 is 2.67 bits per heavy atom. The van der Waals surface area contributed by atoms with Crippen LogP contribution in [-0.4, -0.2) is 16.9 Å². The van der Waals surface area contributed by atoms with Gasteiger partial charge in [-0.05, 0) is 35.0 Å². The number of carbonyl (C=O) groups is 2. The van der Waals surface area contributed by atoms with Gasteiger partial charge in [0.15, 0.2) is 5.54 Å².